The number of aryl methyl sites for hydroxylation is 1. The lowest BCUT2D eigenvalue weighted by molar-refractivity contribution is -0.114. The van der Waals surface area contributed by atoms with Crippen LogP contribution >= 0.6 is 11.3 Å². The molecule has 3 rings (SSSR count). The number of nitrogens with one attached hydrogen (secondary N) is 2. The number of aromatic nitrogens is 2. The highest BCUT2D eigenvalue weighted by Crippen LogP contribution is 2.30. The van der Waals surface area contributed by atoms with Crippen LogP contribution in [0.15, 0.2) is 48.8 Å². The molecule has 0 spiro atoms. The Morgan fingerprint density at radius 1 is 1.22 bits per heavy atom. The number of amides is 2. The van der Waals surface area contributed by atoms with Crippen molar-refractivity contribution in [3.05, 3.63) is 65.1 Å². The molecule has 0 fully saturated rings. The fourth-order valence-electron chi connectivity index (χ4n) is 2.74. The van der Waals surface area contributed by atoms with Crippen LogP contribution in [0, 0.1) is 0 Å². The zero-order valence-corrected chi connectivity index (χ0v) is 16.0. The van der Waals surface area contributed by atoms with Gasteiger partial charge in [-0.15, -0.1) is 11.3 Å². The Hall–Kier alpha value is -3.13. The first-order valence-electron chi connectivity index (χ1n) is 8.28. The van der Waals surface area contributed by atoms with Gasteiger partial charge in [-0.3, -0.25) is 9.59 Å². The molecule has 0 aliphatic carbocycles. The third-order valence-electron chi connectivity index (χ3n) is 3.97. The summed E-state index contributed by atoms with van der Waals surface area (Å²) in [6.45, 7) is 1.43. The van der Waals surface area contributed by atoms with Crippen LogP contribution in [-0.2, 0) is 11.8 Å². The summed E-state index contributed by atoms with van der Waals surface area (Å²) < 4.78 is 7.32. The summed E-state index contributed by atoms with van der Waals surface area (Å²) in [6, 6.07) is 10.4. The number of ether oxygens (including phenoxy) is 1. The van der Waals surface area contributed by atoms with Gasteiger partial charge >= 0.3 is 0 Å². The highest BCUT2D eigenvalue weighted by Gasteiger charge is 2.25. The van der Waals surface area contributed by atoms with Crippen molar-refractivity contribution >= 4 is 28.2 Å². The summed E-state index contributed by atoms with van der Waals surface area (Å²) in [4.78, 5) is 28.9. The molecule has 1 unspecified atom stereocenters. The number of hydrogen-bond acceptors (Lipinski definition) is 5. The average molecular weight is 384 g/mol. The number of anilines is 1. The molecule has 2 amide bonds. The smallest absolute Gasteiger partial charge is 0.262 e. The van der Waals surface area contributed by atoms with Gasteiger partial charge in [0.1, 0.15) is 17.6 Å². The number of methoxy groups -OCH3 is 1. The van der Waals surface area contributed by atoms with Gasteiger partial charge < -0.3 is 19.9 Å². The third-order valence-corrected chi connectivity index (χ3v) is 4.97. The van der Waals surface area contributed by atoms with E-state index in [2.05, 4.69) is 15.6 Å². The molecule has 1 atom stereocenters. The molecule has 0 saturated carbocycles. The molecule has 8 heteroatoms. The number of nitrogens with zero attached hydrogens (tertiary/aromatic N) is 2. The normalized spacial score (nSPS) is 11.7. The first-order chi connectivity index (χ1) is 13.0. The molecular formula is C19H20N4O3S. The summed E-state index contributed by atoms with van der Waals surface area (Å²) in [6.07, 6.45) is 3.51. The zero-order chi connectivity index (χ0) is 19.4. The van der Waals surface area contributed by atoms with Crippen LogP contribution in [-0.4, -0.2) is 28.5 Å². The number of imidazole rings is 1. The quantitative estimate of drug-likeness (QED) is 0.684. The molecule has 2 aromatic heterocycles. The number of benzene rings is 1. The van der Waals surface area contributed by atoms with E-state index in [4.69, 9.17) is 4.74 Å². The Bertz CT molecular complexity index is 963. The van der Waals surface area contributed by atoms with Gasteiger partial charge in [-0.05, 0) is 18.2 Å². The summed E-state index contributed by atoms with van der Waals surface area (Å²) in [5.74, 6) is 0.918. The summed E-state index contributed by atoms with van der Waals surface area (Å²) in [5, 5.41) is 6.34. The van der Waals surface area contributed by atoms with Crippen molar-refractivity contribution < 1.29 is 14.3 Å². The number of thiophene rings is 1. The lowest BCUT2D eigenvalue weighted by atomic mass is 10.0. The van der Waals surface area contributed by atoms with E-state index in [1.165, 1.54) is 18.3 Å². The van der Waals surface area contributed by atoms with E-state index in [1.54, 1.807) is 25.4 Å². The molecule has 0 radical (unpaired) electrons. The van der Waals surface area contributed by atoms with Crippen molar-refractivity contribution in [2.24, 2.45) is 7.05 Å². The highest BCUT2D eigenvalue weighted by molar-refractivity contribution is 7.18. The number of carbonyl (C=O) groups excluding carboxylic acids is 2. The molecule has 0 saturated heterocycles. The molecule has 140 valence electrons. The Morgan fingerprint density at radius 2 is 2.00 bits per heavy atom. The van der Waals surface area contributed by atoms with Gasteiger partial charge in [-0.2, -0.15) is 0 Å². The minimum atomic E-state index is -0.486. The monoisotopic (exact) mass is 384 g/mol. The number of para-hydroxylation sites is 1. The Morgan fingerprint density at radius 3 is 2.67 bits per heavy atom. The average Bonchev–Trinajstić information content (AvgIpc) is 3.28. The summed E-state index contributed by atoms with van der Waals surface area (Å²) >= 11 is 1.22. The van der Waals surface area contributed by atoms with E-state index >= 15 is 0 Å². The molecule has 7 nitrogen and oxygen atoms in total. The fourth-order valence-corrected chi connectivity index (χ4v) is 3.60. The largest absolute Gasteiger partial charge is 0.496 e. The van der Waals surface area contributed by atoms with Crippen LogP contribution in [0.3, 0.4) is 0 Å². The topological polar surface area (TPSA) is 85.2 Å². The van der Waals surface area contributed by atoms with Gasteiger partial charge in [-0.1, -0.05) is 18.2 Å². The summed E-state index contributed by atoms with van der Waals surface area (Å²) in [5.41, 5.74) is 0.807. The van der Waals surface area contributed by atoms with Crippen LogP contribution < -0.4 is 15.4 Å². The van der Waals surface area contributed by atoms with E-state index in [1.807, 2.05) is 42.1 Å². The maximum atomic E-state index is 12.8. The first kappa shape index (κ1) is 18.7. The SMILES string of the molecule is COc1ccccc1C(NC(=O)c1ccc(NC(C)=O)s1)c1nccn1C. The van der Waals surface area contributed by atoms with E-state index in [-0.39, 0.29) is 11.8 Å². The second-order valence-electron chi connectivity index (χ2n) is 5.89. The van der Waals surface area contributed by atoms with Crippen LogP contribution in [0.1, 0.15) is 34.0 Å². The zero-order valence-electron chi connectivity index (χ0n) is 15.2. The molecule has 1 aromatic carbocycles. The number of carbonyl (C=O) groups is 2. The lowest BCUT2D eigenvalue weighted by Gasteiger charge is -2.21. The van der Waals surface area contributed by atoms with Gasteiger partial charge in [0.25, 0.3) is 5.91 Å². The molecule has 0 aliphatic rings. The van der Waals surface area contributed by atoms with Gasteiger partial charge in [0, 0.05) is 31.9 Å². The van der Waals surface area contributed by atoms with Crippen molar-refractivity contribution in [1.29, 1.82) is 0 Å². The van der Waals surface area contributed by atoms with Crippen LogP contribution in [0.25, 0.3) is 0 Å². The Balaban J connectivity index is 1.92. The lowest BCUT2D eigenvalue weighted by Crippen LogP contribution is -2.30. The molecule has 2 N–H and O–H groups in total. The van der Waals surface area contributed by atoms with Crippen molar-refractivity contribution in [1.82, 2.24) is 14.9 Å². The maximum absolute atomic E-state index is 12.8. The minimum absolute atomic E-state index is 0.177. The van der Waals surface area contributed by atoms with Gasteiger partial charge in [-0.25, -0.2) is 4.98 Å². The second-order valence-corrected chi connectivity index (χ2v) is 6.97. The predicted molar refractivity (Wildman–Crippen MR) is 104 cm³/mol. The third kappa shape index (κ3) is 4.17. The van der Waals surface area contributed by atoms with Crippen LogP contribution in [0.5, 0.6) is 5.75 Å². The molecule has 3 aromatic rings. The molecule has 0 bridgehead atoms. The Labute approximate surface area is 161 Å². The molecule has 27 heavy (non-hydrogen) atoms. The predicted octanol–water partition coefficient (Wildman–Crippen LogP) is 2.97. The second kappa shape index (κ2) is 8.05. The van der Waals surface area contributed by atoms with Crippen molar-refractivity contribution in [2.45, 2.75) is 13.0 Å². The molecular weight excluding hydrogens is 364 g/mol. The first-order valence-corrected chi connectivity index (χ1v) is 9.09. The van der Waals surface area contributed by atoms with Gasteiger partial charge in [0.15, 0.2) is 0 Å². The molecule has 2 heterocycles. The van der Waals surface area contributed by atoms with Gasteiger partial charge in [0.05, 0.1) is 17.0 Å². The maximum Gasteiger partial charge on any atom is 0.262 e. The minimum Gasteiger partial charge on any atom is -0.496 e. The van der Waals surface area contributed by atoms with Crippen LogP contribution in [0.2, 0.25) is 0 Å². The highest BCUT2D eigenvalue weighted by atomic mass is 32.1. The summed E-state index contributed by atoms with van der Waals surface area (Å²) in [7, 11) is 3.46. The van der Waals surface area contributed by atoms with Gasteiger partial charge in [0.2, 0.25) is 5.91 Å². The van der Waals surface area contributed by atoms with Crippen molar-refractivity contribution in [2.75, 3.05) is 12.4 Å². The van der Waals surface area contributed by atoms with Crippen molar-refractivity contribution in [3.8, 4) is 5.75 Å². The number of hydrogen-bond donors (Lipinski definition) is 2. The van der Waals surface area contributed by atoms with Crippen molar-refractivity contribution in [3.63, 3.8) is 0 Å². The van der Waals surface area contributed by atoms with E-state index in [0.29, 0.717) is 21.5 Å². The van der Waals surface area contributed by atoms with Crippen LogP contribution in [0.4, 0.5) is 5.00 Å². The standard InChI is InChI=1S/C19H20N4O3S/c1-12(24)21-16-9-8-15(27-16)19(25)22-17(18-20-10-11-23(18)2)13-6-4-5-7-14(13)26-3/h4-11,17H,1-3H3,(H,21,24)(H,22,25). The fraction of sp³-hybridized carbons (Fsp3) is 0.211. The van der Waals surface area contributed by atoms with E-state index in [9.17, 15) is 9.59 Å². The van der Waals surface area contributed by atoms with E-state index < -0.39 is 6.04 Å². The molecule has 0 aliphatic heterocycles. The Kier molecular flexibility index (Phi) is 5.56. The van der Waals surface area contributed by atoms with E-state index in [0.717, 1.165) is 5.56 Å². The number of rotatable bonds is 6.